The van der Waals surface area contributed by atoms with E-state index in [0.29, 0.717) is 19.5 Å². The number of benzene rings is 1. The summed E-state index contributed by atoms with van der Waals surface area (Å²) < 4.78 is 0. The Hall–Kier alpha value is -2.14. The lowest BCUT2D eigenvalue weighted by molar-refractivity contribution is -0.142. The van der Waals surface area contributed by atoms with Crippen molar-refractivity contribution in [3.05, 3.63) is 57.8 Å². The zero-order chi connectivity index (χ0) is 20.5. The second-order valence-electron chi connectivity index (χ2n) is 7.47. The lowest BCUT2D eigenvalue weighted by Gasteiger charge is -2.30. The molecule has 0 N–H and O–H groups in total. The molecule has 2 amide bonds. The fourth-order valence-corrected chi connectivity index (χ4v) is 3.98. The molecule has 2 aromatic rings. The number of nitrogens with zero attached hydrogens (tertiary/aromatic N) is 2. The van der Waals surface area contributed by atoms with Gasteiger partial charge in [0.1, 0.15) is 0 Å². The summed E-state index contributed by atoms with van der Waals surface area (Å²) in [5.74, 6) is 0.0604. The predicted molar refractivity (Wildman–Crippen MR) is 116 cm³/mol. The van der Waals surface area contributed by atoms with Gasteiger partial charge in [-0.2, -0.15) is 0 Å². The molecule has 1 aromatic heterocycles. The lowest BCUT2D eigenvalue weighted by Crippen LogP contribution is -2.45. The van der Waals surface area contributed by atoms with E-state index in [0.717, 1.165) is 23.3 Å². The molecule has 2 rings (SSSR count). The molecule has 1 heterocycles. The molecule has 5 heteroatoms. The maximum Gasteiger partial charge on any atom is 0.242 e. The van der Waals surface area contributed by atoms with Gasteiger partial charge in [-0.3, -0.25) is 9.59 Å². The Balaban J connectivity index is 2.15. The maximum absolute atomic E-state index is 13.2. The molecule has 0 radical (unpaired) electrons. The minimum atomic E-state index is -0.00606. The third-order valence-electron chi connectivity index (χ3n) is 4.71. The van der Waals surface area contributed by atoms with Gasteiger partial charge in [-0.1, -0.05) is 43.7 Å². The Morgan fingerprint density at radius 3 is 2.29 bits per heavy atom. The van der Waals surface area contributed by atoms with E-state index in [1.54, 1.807) is 16.2 Å². The van der Waals surface area contributed by atoms with Crippen molar-refractivity contribution in [2.45, 2.75) is 66.1 Å². The summed E-state index contributed by atoms with van der Waals surface area (Å²) in [7, 11) is 0. The molecule has 0 aliphatic heterocycles. The van der Waals surface area contributed by atoms with Gasteiger partial charge >= 0.3 is 0 Å². The van der Waals surface area contributed by atoms with E-state index < -0.39 is 0 Å². The van der Waals surface area contributed by atoms with Crippen molar-refractivity contribution in [2.75, 3.05) is 6.54 Å². The first kappa shape index (κ1) is 22.2. The zero-order valence-electron chi connectivity index (χ0n) is 17.5. The fraction of sp³-hybridized carbons (Fsp3) is 0.478. The van der Waals surface area contributed by atoms with Crippen LogP contribution in [0.1, 0.15) is 55.4 Å². The standard InChI is InChI=1S/C23H32N2O2S/c1-5-6-12-22(26)25(18(2)3)17-23(27)24(15-20-10-8-7-9-11-20)16-21-14-13-19(4)28-21/h7-11,13-14,18H,5-6,12,15-17H2,1-4H3. The molecule has 0 aliphatic rings. The number of rotatable bonds is 10. The molecular weight excluding hydrogens is 368 g/mol. The van der Waals surface area contributed by atoms with E-state index in [4.69, 9.17) is 0 Å². The third kappa shape index (κ3) is 6.79. The predicted octanol–water partition coefficient (Wildman–Crippen LogP) is 5.01. The van der Waals surface area contributed by atoms with Crippen LogP contribution in [0, 0.1) is 6.92 Å². The summed E-state index contributed by atoms with van der Waals surface area (Å²) in [4.78, 5) is 31.7. The molecule has 4 nitrogen and oxygen atoms in total. The van der Waals surface area contributed by atoms with Crippen LogP contribution in [-0.2, 0) is 22.7 Å². The molecule has 28 heavy (non-hydrogen) atoms. The highest BCUT2D eigenvalue weighted by atomic mass is 32.1. The summed E-state index contributed by atoms with van der Waals surface area (Å²) in [5, 5.41) is 0. The van der Waals surface area contributed by atoms with Crippen LogP contribution in [0.5, 0.6) is 0 Å². The first-order chi connectivity index (χ1) is 13.4. The van der Waals surface area contributed by atoms with Gasteiger partial charge in [0.2, 0.25) is 11.8 Å². The SMILES string of the molecule is CCCCC(=O)N(CC(=O)N(Cc1ccccc1)Cc1ccc(C)s1)C(C)C. The van der Waals surface area contributed by atoms with Crippen molar-refractivity contribution >= 4 is 23.2 Å². The summed E-state index contributed by atoms with van der Waals surface area (Å²) in [5.41, 5.74) is 1.09. The lowest BCUT2D eigenvalue weighted by atomic mass is 10.2. The van der Waals surface area contributed by atoms with Crippen LogP contribution >= 0.6 is 11.3 Å². The van der Waals surface area contributed by atoms with Gasteiger partial charge in [0.25, 0.3) is 0 Å². The van der Waals surface area contributed by atoms with E-state index >= 15 is 0 Å². The minimum Gasteiger partial charge on any atom is -0.332 e. The molecule has 0 saturated heterocycles. The minimum absolute atomic E-state index is 0.00606. The molecule has 0 aliphatic carbocycles. The Labute approximate surface area is 173 Å². The van der Waals surface area contributed by atoms with Crippen molar-refractivity contribution in [3.63, 3.8) is 0 Å². The first-order valence-electron chi connectivity index (χ1n) is 10.1. The Morgan fingerprint density at radius 2 is 1.71 bits per heavy atom. The number of amides is 2. The number of aryl methyl sites for hydroxylation is 1. The second-order valence-corrected chi connectivity index (χ2v) is 8.84. The van der Waals surface area contributed by atoms with Crippen LogP contribution in [0.15, 0.2) is 42.5 Å². The van der Waals surface area contributed by atoms with Crippen molar-refractivity contribution in [1.29, 1.82) is 0 Å². The van der Waals surface area contributed by atoms with Crippen LogP contribution in [0.25, 0.3) is 0 Å². The molecule has 0 saturated carbocycles. The summed E-state index contributed by atoms with van der Waals surface area (Å²) in [6, 6.07) is 14.2. The van der Waals surface area contributed by atoms with Crippen LogP contribution in [0.2, 0.25) is 0 Å². The van der Waals surface area contributed by atoms with Gasteiger partial charge in [0, 0.05) is 28.8 Å². The van der Waals surface area contributed by atoms with E-state index in [1.165, 1.54) is 4.88 Å². The number of thiophene rings is 1. The summed E-state index contributed by atoms with van der Waals surface area (Å²) >= 11 is 1.71. The van der Waals surface area contributed by atoms with E-state index in [9.17, 15) is 9.59 Å². The average molecular weight is 401 g/mol. The summed E-state index contributed by atoms with van der Waals surface area (Å²) in [6.07, 6.45) is 2.34. The Morgan fingerprint density at radius 1 is 1.00 bits per heavy atom. The van der Waals surface area contributed by atoms with Crippen LogP contribution in [0.4, 0.5) is 0 Å². The number of hydrogen-bond donors (Lipinski definition) is 0. The molecule has 1 aromatic carbocycles. The normalized spacial score (nSPS) is 10.9. The highest BCUT2D eigenvalue weighted by Gasteiger charge is 2.23. The highest BCUT2D eigenvalue weighted by Crippen LogP contribution is 2.19. The second kappa shape index (κ2) is 11.0. The quantitative estimate of drug-likeness (QED) is 0.562. The van der Waals surface area contributed by atoms with Crippen LogP contribution < -0.4 is 0 Å². The zero-order valence-corrected chi connectivity index (χ0v) is 18.3. The molecule has 0 unspecified atom stereocenters. The molecule has 0 bridgehead atoms. The van der Waals surface area contributed by atoms with Gasteiger partial charge in [-0.15, -0.1) is 11.3 Å². The summed E-state index contributed by atoms with van der Waals surface area (Å²) in [6.45, 7) is 9.35. The van der Waals surface area contributed by atoms with Crippen LogP contribution in [-0.4, -0.2) is 34.2 Å². The van der Waals surface area contributed by atoms with Gasteiger partial charge in [-0.25, -0.2) is 0 Å². The monoisotopic (exact) mass is 400 g/mol. The van der Waals surface area contributed by atoms with E-state index in [-0.39, 0.29) is 24.4 Å². The molecule has 0 fully saturated rings. The van der Waals surface area contributed by atoms with Gasteiger partial charge < -0.3 is 9.80 Å². The van der Waals surface area contributed by atoms with Gasteiger partial charge in [0.05, 0.1) is 13.1 Å². The van der Waals surface area contributed by atoms with E-state index in [2.05, 4.69) is 26.0 Å². The molecule has 0 spiro atoms. The largest absolute Gasteiger partial charge is 0.332 e. The van der Waals surface area contributed by atoms with Crippen molar-refractivity contribution < 1.29 is 9.59 Å². The Bertz CT molecular complexity index is 755. The van der Waals surface area contributed by atoms with Crippen molar-refractivity contribution in [3.8, 4) is 0 Å². The smallest absolute Gasteiger partial charge is 0.242 e. The van der Waals surface area contributed by atoms with E-state index in [1.807, 2.05) is 49.1 Å². The number of carbonyl (C=O) groups is 2. The Kier molecular flexibility index (Phi) is 8.71. The topological polar surface area (TPSA) is 40.6 Å². The average Bonchev–Trinajstić information content (AvgIpc) is 3.08. The molecule has 0 atom stereocenters. The third-order valence-corrected chi connectivity index (χ3v) is 5.69. The first-order valence-corrected chi connectivity index (χ1v) is 10.9. The van der Waals surface area contributed by atoms with Crippen molar-refractivity contribution in [2.24, 2.45) is 0 Å². The maximum atomic E-state index is 13.2. The molecule has 152 valence electrons. The fourth-order valence-electron chi connectivity index (χ4n) is 3.07. The number of hydrogen-bond acceptors (Lipinski definition) is 3. The van der Waals surface area contributed by atoms with Crippen molar-refractivity contribution in [1.82, 2.24) is 9.80 Å². The van der Waals surface area contributed by atoms with Gasteiger partial charge in [-0.05, 0) is 44.9 Å². The number of unbranched alkanes of at least 4 members (excludes halogenated alkanes) is 1. The highest BCUT2D eigenvalue weighted by molar-refractivity contribution is 7.11. The molecular formula is C23H32N2O2S. The number of carbonyl (C=O) groups excluding carboxylic acids is 2. The van der Waals surface area contributed by atoms with Crippen LogP contribution in [0.3, 0.4) is 0 Å². The van der Waals surface area contributed by atoms with Gasteiger partial charge in [0.15, 0.2) is 0 Å².